The summed E-state index contributed by atoms with van der Waals surface area (Å²) in [6.45, 7) is 7.01. The second-order valence-electron chi connectivity index (χ2n) is 9.18. The van der Waals surface area contributed by atoms with Crippen LogP contribution in [0.25, 0.3) is 10.9 Å². The van der Waals surface area contributed by atoms with Gasteiger partial charge in [-0.25, -0.2) is 8.42 Å². The summed E-state index contributed by atoms with van der Waals surface area (Å²) in [5, 5.41) is 6.14. The Kier molecular flexibility index (Phi) is 7.43. The first kappa shape index (κ1) is 26.4. The molecule has 0 bridgehead atoms. The highest BCUT2D eigenvalue weighted by molar-refractivity contribution is 7.91. The number of carbonyl (C=O) groups excluding carboxylic acids is 2. The quantitative estimate of drug-likeness (QED) is 0.298. The van der Waals surface area contributed by atoms with Gasteiger partial charge in [0.05, 0.1) is 10.9 Å². The highest BCUT2D eigenvalue weighted by Crippen LogP contribution is 2.34. The molecule has 0 radical (unpaired) electrons. The Bertz CT molecular complexity index is 1580. The first-order valence-electron chi connectivity index (χ1n) is 11.8. The molecule has 0 aliphatic rings. The number of nitrogens with one attached hydrogen (secondary N) is 3. The molecule has 37 heavy (non-hydrogen) atoms. The fraction of sp³-hybridized carbons (Fsp3) is 0.214. The van der Waals surface area contributed by atoms with Crippen molar-refractivity contribution in [1.29, 1.82) is 0 Å². The molecule has 3 N–H and O–H groups in total. The lowest BCUT2D eigenvalue weighted by molar-refractivity contribution is -0.123. The zero-order valence-electron chi connectivity index (χ0n) is 20.9. The number of halogens is 1. The van der Waals surface area contributed by atoms with Crippen LogP contribution in [0.2, 0.25) is 5.02 Å². The van der Waals surface area contributed by atoms with Crippen LogP contribution in [-0.2, 0) is 14.6 Å². The summed E-state index contributed by atoms with van der Waals surface area (Å²) < 4.78 is 27.7. The molecule has 0 fully saturated rings. The van der Waals surface area contributed by atoms with Crippen LogP contribution in [0.5, 0.6) is 0 Å². The van der Waals surface area contributed by atoms with Crippen LogP contribution in [0.4, 0.5) is 0 Å². The maximum atomic E-state index is 13.8. The van der Waals surface area contributed by atoms with Gasteiger partial charge in [0.25, 0.3) is 5.91 Å². The van der Waals surface area contributed by atoms with E-state index in [0.717, 1.165) is 16.7 Å². The predicted molar refractivity (Wildman–Crippen MR) is 145 cm³/mol. The van der Waals surface area contributed by atoms with Crippen molar-refractivity contribution in [1.82, 2.24) is 15.6 Å². The van der Waals surface area contributed by atoms with Crippen molar-refractivity contribution in [2.45, 2.75) is 49.6 Å². The van der Waals surface area contributed by atoms with E-state index in [1.165, 1.54) is 6.07 Å². The van der Waals surface area contributed by atoms with E-state index in [-0.39, 0.29) is 21.5 Å². The summed E-state index contributed by atoms with van der Waals surface area (Å²) in [5.74, 6) is -1.12. The third-order valence-corrected chi connectivity index (χ3v) is 8.17. The molecule has 1 aromatic heterocycles. The number of H-pyrrole nitrogens is 1. The highest BCUT2D eigenvalue weighted by atomic mass is 35.5. The maximum absolute atomic E-state index is 13.8. The van der Waals surface area contributed by atoms with Crippen molar-refractivity contribution in [3.63, 3.8) is 0 Å². The van der Waals surface area contributed by atoms with E-state index in [1.807, 2.05) is 57.2 Å². The van der Waals surface area contributed by atoms with E-state index >= 15 is 0 Å². The van der Waals surface area contributed by atoms with Gasteiger partial charge in [-0.2, -0.15) is 0 Å². The maximum Gasteiger partial charge on any atom is 0.269 e. The molecule has 4 aromatic rings. The van der Waals surface area contributed by atoms with E-state index in [0.29, 0.717) is 15.9 Å². The van der Waals surface area contributed by atoms with E-state index in [4.69, 9.17) is 11.6 Å². The largest absolute Gasteiger partial charge is 0.349 e. The Balaban J connectivity index is 1.68. The lowest BCUT2D eigenvalue weighted by Crippen LogP contribution is -2.45. The van der Waals surface area contributed by atoms with E-state index < -0.39 is 27.7 Å². The monoisotopic (exact) mass is 537 g/mol. The average molecular weight is 538 g/mol. The molecule has 0 aliphatic heterocycles. The van der Waals surface area contributed by atoms with Gasteiger partial charge in [-0.3, -0.25) is 9.59 Å². The Hall–Kier alpha value is -3.62. The number of hydrogen-bond acceptors (Lipinski definition) is 4. The van der Waals surface area contributed by atoms with E-state index in [9.17, 15) is 18.0 Å². The fourth-order valence-electron chi connectivity index (χ4n) is 4.28. The molecule has 192 valence electrons. The minimum absolute atomic E-state index is 0.0717. The fourth-order valence-corrected chi connectivity index (χ4v) is 6.24. The number of aromatic nitrogens is 1. The van der Waals surface area contributed by atoms with Crippen molar-refractivity contribution >= 4 is 44.2 Å². The Morgan fingerprint density at radius 2 is 1.54 bits per heavy atom. The zero-order valence-corrected chi connectivity index (χ0v) is 22.5. The first-order chi connectivity index (χ1) is 17.5. The zero-order chi connectivity index (χ0) is 26.9. The van der Waals surface area contributed by atoms with Crippen molar-refractivity contribution < 1.29 is 18.0 Å². The van der Waals surface area contributed by atoms with Crippen LogP contribution in [0.1, 0.15) is 47.1 Å². The predicted octanol–water partition coefficient (Wildman–Crippen LogP) is 5.27. The SMILES string of the molecule is Cc1cc(C)cc(S(=O)(=O)c2c(C(=O)NC(C)C(=O)NC(C)c3ccccc3)[nH]c3ccc(Cl)cc23)c1. The van der Waals surface area contributed by atoms with Gasteiger partial charge >= 0.3 is 0 Å². The van der Waals surface area contributed by atoms with Gasteiger partial charge < -0.3 is 15.6 Å². The van der Waals surface area contributed by atoms with Crippen molar-refractivity contribution in [2.24, 2.45) is 0 Å². The highest BCUT2D eigenvalue weighted by Gasteiger charge is 2.31. The summed E-state index contributed by atoms with van der Waals surface area (Å²) in [6.07, 6.45) is 0. The van der Waals surface area contributed by atoms with Crippen LogP contribution in [0, 0.1) is 13.8 Å². The summed E-state index contributed by atoms with van der Waals surface area (Å²) >= 11 is 6.19. The number of aromatic amines is 1. The molecule has 0 saturated carbocycles. The van der Waals surface area contributed by atoms with Crippen molar-refractivity contribution in [3.8, 4) is 0 Å². The van der Waals surface area contributed by atoms with Crippen LogP contribution < -0.4 is 10.6 Å². The average Bonchev–Trinajstić information content (AvgIpc) is 3.23. The third-order valence-electron chi connectivity index (χ3n) is 6.11. The second kappa shape index (κ2) is 10.4. The number of rotatable bonds is 7. The van der Waals surface area contributed by atoms with Gasteiger partial charge in [-0.05, 0) is 74.7 Å². The number of hydrogen-bond donors (Lipinski definition) is 3. The van der Waals surface area contributed by atoms with E-state index in [1.54, 1.807) is 31.2 Å². The number of sulfone groups is 1. The minimum Gasteiger partial charge on any atom is -0.349 e. The summed E-state index contributed by atoms with van der Waals surface area (Å²) in [7, 11) is -4.12. The lowest BCUT2D eigenvalue weighted by atomic mass is 10.1. The molecule has 2 amide bonds. The standard InChI is InChI=1S/C28H28ClN3O4S/c1-16-12-17(2)14-22(13-16)37(35,36)26-23-15-21(29)10-11-24(23)32-25(26)28(34)31-19(4)27(33)30-18(3)20-8-6-5-7-9-20/h5-15,18-19,32H,1-4H3,(H,30,33)(H,31,34). The number of benzene rings is 3. The molecule has 9 heteroatoms. The Labute approximate surface area is 221 Å². The number of aryl methyl sites for hydroxylation is 2. The van der Waals surface area contributed by atoms with Gasteiger partial charge in [0.15, 0.2) is 0 Å². The number of fused-ring (bicyclic) bond motifs is 1. The van der Waals surface area contributed by atoms with E-state index in [2.05, 4.69) is 15.6 Å². The lowest BCUT2D eigenvalue weighted by Gasteiger charge is -2.19. The molecule has 0 saturated heterocycles. The van der Waals surface area contributed by atoms with Crippen LogP contribution in [0.15, 0.2) is 76.5 Å². The normalized spacial score (nSPS) is 13.2. The van der Waals surface area contributed by atoms with Crippen LogP contribution in [0.3, 0.4) is 0 Å². The topological polar surface area (TPSA) is 108 Å². The second-order valence-corrected chi connectivity index (χ2v) is 11.5. The Morgan fingerprint density at radius 1 is 0.892 bits per heavy atom. The summed E-state index contributed by atoms with van der Waals surface area (Å²) in [5.41, 5.74) is 2.75. The summed E-state index contributed by atoms with van der Waals surface area (Å²) in [6, 6.07) is 18.0. The van der Waals surface area contributed by atoms with Crippen molar-refractivity contribution in [2.75, 3.05) is 0 Å². The van der Waals surface area contributed by atoms with Gasteiger partial charge in [0.1, 0.15) is 16.6 Å². The van der Waals surface area contributed by atoms with Gasteiger partial charge in [0.2, 0.25) is 15.7 Å². The molecular formula is C28H28ClN3O4S. The van der Waals surface area contributed by atoms with Gasteiger partial charge in [-0.15, -0.1) is 0 Å². The van der Waals surface area contributed by atoms with Crippen LogP contribution >= 0.6 is 11.6 Å². The molecule has 4 rings (SSSR count). The van der Waals surface area contributed by atoms with Gasteiger partial charge in [0, 0.05) is 15.9 Å². The van der Waals surface area contributed by atoms with Crippen LogP contribution in [-0.4, -0.2) is 31.3 Å². The molecule has 7 nitrogen and oxygen atoms in total. The van der Waals surface area contributed by atoms with Crippen molar-refractivity contribution in [3.05, 3.63) is 94.1 Å². The molecular weight excluding hydrogens is 510 g/mol. The molecule has 0 spiro atoms. The smallest absolute Gasteiger partial charge is 0.269 e. The number of amides is 2. The molecule has 3 aromatic carbocycles. The molecule has 2 unspecified atom stereocenters. The third kappa shape index (κ3) is 5.55. The Morgan fingerprint density at radius 3 is 2.19 bits per heavy atom. The first-order valence-corrected chi connectivity index (χ1v) is 13.6. The molecule has 2 atom stereocenters. The molecule has 1 heterocycles. The summed E-state index contributed by atoms with van der Waals surface area (Å²) in [4.78, 5) is 29.0. The molecule has 0 aliphatic carbocycles. The van der Waals surface area contributed by atoms with Gasteiger partial charge in [-0.1, -0.05) is 48.0 Å². The minimum atomic E-state index is -4.12. The number of carbonyl (C=O) groups is 2.